The number of amides is 1. The van der Waals surface area contributed by atoms with E-state index in [2.05, 4.69) is 43.2 Å². The zero-order chi connectivity index (χ0) is 22.0. The van der Waals surface area contributed by atoms with Crippen molar-refractivity contribution in [1.29, 1.82) is 0 Å². The Morgan fingerprint density at radius 3 is 2.65 bits per heavy atom. The third-order valence-electron chi connectivity index (χ3n) is 5.89. The molecule has 6 heteroatoms. The SMILES string of the molecule is CCC(C)(C)c1ccc(NC(=O)c2cccc3c2OCCN3c2ncccc2Cl)cc1. The molecule has 0 unspecified atom stereocenters. The molecule has 2 heterocycles. The van der Waals surface area contributed by atoms with Crippen LogP contribution in [0.5, 0.6) is 5.75 Å². The lowest BCUT2D eigenvalue weighted by Crippen LogP contribution is -2.30. The van der Waals surface area contributed by atoms with Crippen molar-refractivity contribution in [3.63, 3.8) is 0 Å². The fourth-order valence-electron chi connectivity index (χ4n) is 3.63. The number of nitrogens with zero attached hydrogens (tertiary/aromatic N) is 2. The van der Waals surface area contributed by atoms with Crippen LogP contribution >= 0.6 is 11.6 Å². The molecule has 0 spiro atoms. The fourth-order valence-corrected chi connectivity index (χ4v) is 3.85. The van der Waals surface area contributed by atoms with Crippen molar-refractivity contribution in [2.45, 2.75) is 32.6 Å². The van der Waals surface area contributed by atoms with Gasteiger partial charge in [-0.1, -0.05) is 50.6 Å². The van der Waals surface area contributed by atoms with Gasteiger partial charge in [0.25, 0.3) is 5.91 Å². The molecule has 0 atom stereocenters. The Hall–Kier alpha value is -3.05. The van der Waals surface area contributed by atoms with Crippen molar-refractivity contribution in [1.82, 2.24) is 4.98 Å². The molecule has 2 aromatic carbocycles. The summed E-state index contributed by atoms with van der Waals surface area (Å²) >= 11 is 6.36. The van der Waals surface area contributed by atoms with Gasteiger partial charge >= 0.3 is 0 Å². The summed E-state index contributed by atoms with van der Waals surface area (Å²) < 4.78 is 5.91. The Kier molecular flexibility index (Phi) is 5.88. The highest BCUT2D eigenvalue weighted by molar-refractivity contribution is 6.33. The van der Waals surface area contributed by atoms with Crippen LogP contribution in [0.2, 0.25) is 5.02 Å². The number of carbonyl (C=O) groups excluding carboxylic acids is 1. The van der Waals surface area contributed by atoms with E-state index in [-0.39, 0.29) is 11.3 Å². The number of ether oxygens (including phenoxy) is 1. The van der Waals surface area contributed by atoms with E-state index in [4.69, 9.17) is 16.3 Å². The van der Waals surface area contributed by atoms with Gasteiger partial charge in [-0.2, -0.15) is 0 Å². The van der Waals surface area contributed by atoms with Gasteiger partial charge < -0.3 is 15.0 Å². The Morgan fingerprint density at radius 2 is 1.94 bits per heavy atom. The predicted octanol–water partition coefficient (Wildman–Crippen LogP) is 6.21. The number of aromatic nitrogens is 1. The smallest absolute Gasteiger partial charge is 0.259 e. The standard InChI is InChI=1S/C25H26ClN3O2/c1-4-25(2,3)17-10-12-18(13-11-17)28-24(30)19-7-5-9-21-22(19)31-16-15-29(21)23-20(26)8-6-14-27-23/h5-14H,4,15-16H2,1-3H3,(H,28,30). The molecule has 3 aromatic rings. The number of hydrogen-bond acceptors (Lipinski definition) is 4. The Morgan fingerprint density at radius 1 is 1.16 bits per heavy atom. The molecule has 1 aliphatic heterocycles. The normalized spacial score (nSPS) is 13.4. The van der Waals surface area contributed by atoms with Crippen LogP contribution in [-0.4, -0.2) is 24.0 Å². The second-order valence-corrected chi connectivity index (χ2v) is 8.64. The summed E-state index contributed by atoms with van der Waals surface area (Å²) in [6.45, 7) is 7.64. The molecule has 0 saturated heterocycles. The lowest BCUT2D eigenvalue weighted by atomic mass is 9.82. The average molecular weight is 436 g/mol. The van der Waals surface area contributed by atoms with Crippen molar-refractivity contribution in [3.05, 3.63) is 76.9 Å². The van der Waals surface area contributed by atoms with E-state index in [0.717, 1.165) is 17.8 Å². The van der Waals surface area contributed by atoms with Crippen LogP contribution in [0.1, 0.15) is 43.1 Å². The van der Waals surface area contributed by atoms with E-state index in [1.807, 2.05) is 29.2 Å². The van der Waals surface area contributed by atoms with Crippen molar-refractivity contribution in [2.24, 2.45) is 0 Å². The second-order valence-electron chi connectivity index (χ2n) is 8.23. The number of para-hydroxylation sites is 1. The van der Waals surface area contributed by atoms with Gasteiger partial charge in [0, 0.05) is 11.9 Å². The van der Waals surface area contributed by atoms with Gasteiger partial charge in [0.2, 0.25) is 0 Å². The summed E-state index contributed by atoms with van der Waals surface area (Å²) in [5.74, 6) is 0.977. The second kappa shape index (κ2) is 8.60. The molecule has 5 nitrogen and oxygen atoms in total. The van der Waals surface area contributed by atoms with Crippen LogP contribution < -0.4 is 15.0 Å². The van der Waals surface area contributed by atoms with Crippen LogP contribution in [0, 0.1) is 0 Å². The van der Waals surface area contributed by atoms with E-state index in [1.54, 1.807) is 24.4 Å². The van der Waals surface area contributed by atoms with Crippen molar-refractivity contribution < 1.29 is 9.53 Å². The maximum absolute atomic E-state index is 13.1. The summed E-state index contributed by atoms with van der Waals surface area (Å²) in [5.41, 5.74) is 3.35. The third kappa shape index (κ3) is 4.23. The monoisotopic (exact) mass is 435 g/mol. The summed E-state index contributed by atoms with van der Waals surface area (Å²) in [4.78, 5) is 19.5. The number of fused-ring (bicyclic) bond motifs is 1. The molecular formula is C25H26ClN3O2. The van der Waals surface area contributed by atoms with Gasteiger partial charge in [-0.15, -0.1) is 0 Å². The van der Waals surface area contributed by atoms with Crippen molar-refractivity contribution >= 4 is 34.7 Å². The largest absolute Gasteiger partial charge is 0.489 e. The summed E-state index contributed by atoms with van der Waals surface area (Å²) in [6, 6.07) is 17.2. The topological polar surface area (TPSA) is 54.5 Å². The molecule has 160 valence electrons. The Bertz CT molecular complexity index is 1100. The van der Waals surface area contributed by atoms with Crippen molar-refractivity contribution in [3.8, 4) is 5.75 Å². The van der Waals surface area contributed by atoms with Gasteiger partial charge in [0.1, 0.15) is 6.61 Å². The zero-order valence-corrected chi connectivity index (χ0v) is 18.7. The molecule has 0 fully saturated rings. The highest BCUT2D eigenvalue weighted by Gasteiger charge is 2.26. The van der Waals surface area contributed by atoms with Gasteiger partial charge in [-0.25, -0.2) is 4.98 Å². The molecule has 0 radical (unpaired) electrons. The van der Waals surface area contributed by atoms with Gasteiger partial charge in [0.15, 0.2) is 11.6 Å². The number of pyridine rings is 1. The number of nitrogens with one attached hydrogen (secondary N) is 1. The van der Waals surface area contributed by atoms with E-state index >= 15 is 0 Å². The Labute approximate surface area is 188 Å². The average Bonchev–Trinajstić information content (AvgIpc) is 2.79. The van der Waals surface area contributed by atoms with E-state index in [9.17, 15) is 4.79 Å². The predicted molar refractivity (Wildman–Crippen MR) is 126 cm³/mol. The molecule has 4 rings (SSSR count). The minimum Gasteiger partial charge on any atom is -0.489 e. The first-order valence-electron chi connectivity index (χ1n) is 10.5. The van der Waals surface area contributed by atoms with Crippen LogP contribution in [-0.2, 0) is 5.41 Å². The van der Waals surface area contributed by atoms with Gasteiger partial charge in [-0.3, -0.25) is 4.79 Å². The molecule has 1 amide bonds. The first-order chi connectivity index (χ1) is 14.9. The molecular weight excluding hydrogens is 410 g/mol. The van der Waals surface area contributed by atoms with Crippen LogP contribution in [0.4, 0.5) is 17.2 Å². The van der Waals surface area contributed by atoms with E-state index in [0.29, 0.717) is 35.3 Å². The van der Waals surface area contributed by atoms with Crippen LogP contribution in [0.3, 0.4) is 0 Å². The summed E-state index contributed by atoms with van der Waals surface area (Å²) in [6.07, 6.45) is 2.75. The minimum atomic E-state index is -0.215. The number of anilines is 3. The van der Waals surface area contributed by atoms with Gasteiger partial charge in [-0.05, 0) is 53.8 Å². The zero-order valence-electron chi connectivity index (χ0n) is 18.0. The lowest BCUT2D eigenvalue weighted by Gasteiger charge is -2.31. The molecule has 1 N–H and O–H groups in total. The first-order valence-corrected chi connectivity index (χ1v) is 10.8. The maximum atomic E-state index is 13.1. The number of halogens is 1. The third-order valence-corrected chi connectivity index (χ3v) is 6.19. The highest BCUT2D eigenvalue weighted by Crippen LogP contribution is 2.40. The number of rotatable bonds is 5. The highest BCUT2D eigenvalue weighted by atomic mass is 35.5. The summed E-state index contributed by atoms with van der Waals surface area (Å²) in [7, 11) is 0. The quantitative estimate of drug-likeness (QED) is 0.518. The minimum absolute atomic E-state index is 0.102. The molecule has 0 saturated carbocycles. The molecule has 31 heavy (non-hydrogen) atoms. The van der Waals surface area contributed by atoms with E-state index < -0.39 is 0 Å². The van der Waals surface area contributed by atoms with Crippen LogP contribution in [0.15, 0.2) is 60.8 Å². The van der Waals surface area contributed by atoms with Crippen LogP contribution in [0.25, 0.3) is 0 Å². The fraction of sp³-hybridized carbons (Fsp3) is 0.280. The molecule has 1 aliphatic rings. The molecule has 1 aromatic heterocycles. The molecule has 0 aliphatic carbocycles. The number of hydrogen-bond donors (Lipinski definition) is 1. The number of carbonyl (C=O) groups is 1. The van der Waals surface area contributed by atoms with Gasteiger partial charge in [0.05, 0.1) is 22.8 Å². The van der Waals surface area contributed by atoms with Crippen molar-refractivity contribution in [2.75, 3.05) is 23.4 Å². The Balaban J connectivity index is 1.61. The number of benzene rings is 2. The maximum Gasteiger partial charge on any atom is 0.259 e. The summed E-state index contributed by atoms with van der Waals surface area (Å²) in [5, 5.41) is 3.55. The lowest BCUT2D eigenvalue weighted by molar-refractivity contribution is 0.102. The molecule has 0 bridgehead atoms. The van der Waals surface area contributed by atoms with E-state index in [1.165, 1.54) is 5.56 Å². The first kappa shape index (κ1) is 21.2.